The molecule has 0 amide bonds. The Labute approximate surface area is 102 Å². The molecule has 1 fully saturated rings. The monoisotopic (exact) mass is 236 g/mol. The van der Waals surface area contributed by atoms with Crippen molar-refractivity contribution in [3.8, 4) is 5.75 Å². The van der Waals surface area contributed by atoms with Gasteiger partial charge in [-0.2, -0.15) is 5.53 Å². The highest BCUT2D eigenvalue weighted by Crippen LogP contribution is 2.15. The minimum Gasteiger partial charge on any atom is -0.492 e. The van der Waals surface area contributed by atoms with E-state index in [4.69, 9.17) is 10.6 Å². The average molecular weight is 236 g/mol. The van der Waals surface area contributed by atoms with E-state index in [2.05, 4.69) is 15.9 Å². The predicted octanol–water partition coefficient (Wildman–Crippen LogP) is 0.951. The number of nitrogens with one attached hydrogen (secondary N) is 2. The van der Waals surface area contributed by atoms with Crippen molar-refractivity contribution in [3.05, 3.63) is 24.3 Å². The van der Waals surface area contributed by atoms with E-state index in [1.54, 1.807) is 0 Å². The zero-order valence-corrected chi connectivity index (χ0v) is 9.98. The van der Waals surface area contributed by atoms with Crippen molar-refractivity contribution in [1.29, 1.82) is 0 Å². The first kappa shape index (κ1) is 12.2. The van der Waals surface area contributed by atoms with E-state index in [1.807, 2.05) is 24.3 Å². The number of hydrogen-bond donors (Lipinski definition) is 3. The Kier molecular flexibility index (Phi) is 4.61. The van der Waals surface area contributed by atoms with Crippen molar-refractivity contribution in [1.82, 2.24) is 10.4 Å². The summed E-state index contributed by atoms with van der Waals surface area (Å²) in [6.07, 6.45) is 2.65. The number of rotatable bonds is 6. The van der Waals surface area contributed by atoms with Crippen molar-refractivity contribution >= 4 is 5.69 Å². The lowest BCUT2D eigenvalue weighted by Gasteiger charge is -2.15. The van der Waals surface area contributed by atoms with E-state index in [1.165, 1.54) is 25.9 Å². The number of likely N-dealkylation sites (tertiary alicyclic amines) is 1. The molecule has 1 aromatic carbocycles. The standard InChI is InChI=1S/C12H20N4O/c13-15-14-11-3-5-12(6-4-11)17-10-9-16-7-1-2-8-16/h3-6,14-15H,1-2,7-10,13H2. The van der Waals surface area contributed by atoms with Gasteiger partial charge in [0.15, 0.2) is 0 Å². The zero-order valence-electron chi connectivity index (χ0n) is 9.98. The fourth-order valence-corrected chi connectivity index (χ4v) is 2.02. The van der Waals surface area contributed by atoms with Gasteiger partial charge in [-0.15, -0.1) is 0 Å². The van der Waals surface area contributed by atoms with E-state index in [9.17, 15) is 0 Å². The van der Waals surface area contributed by atoms with Gasteiger partial charge in [-0.05, 0) is 50.2 Å². The van der Waals surface area contributed by atoms with Gasteiger partial charge in [-0.25, -0.2) is 0 Å². The van der Waals surface area contributed by atoms with Gasteiger partial charge < -0.3 is 10.2 Å². The maximum absolute atomic E-state index is 5.68. The van der Waals surface area contributed by atoms with Gasteiger partial charge in [0.2, 0.25) is 0 Å². The fourth-order valence-electron chi connectivity index (χ4n) is 2.02. The van der Waals surface area contributed by atoms with Crippen LogP contribution in [0.25, 0.3) is 0 Å². The Hall–Kier alpha value is -1.30. The Morgan fingerprint density at radius 3 is 2.53 bits per heavy atom. The van der Waals surface area contributed by atoms with Gasteiger partial charge in [0.1, 0.15) is 12.4 Å². The molecule has 1 heterocycles. The molecule has 2 rings (SSSR count). The molecule has 0 saturated carbocycles. The molecule has 1 aliphatic rings. The summed E-state index contributed by atoms with van der Waals surface area (Å²) >= 11 is 0. The molecule has 4 N–H and O–H groups in total. The maximum atomic E-state index is 5.68. The van der Waals surface area contributed by atoms with Crippen molar-refractivity contribution in [2.24, 2.45) is 5.84 Å². The molecule has 0 atom stereocenters. The number of benzene rings is 1. The van der Waals surface area contributed by atoms with Crippen molar-refractivity contribution in [3.63, 3.8) is 0 Å². The number of anilines is 1. The second-order valence-corrected chi connectivity index (χ2v) is 4.19. The van der Waals surface area contributed by atoms with Crippen LogP contribution >= 0.6 is 0 Å². The molecular formula is C12H20N4O. The van der Waals surface area contributed by atoms with Crippen molar-refractivity contribution < 1.29 is 4.74 Å². The van der Waals surface area contributed by atoms with Gasteiger partial charge >= 0.3 is 0 Å². The summed E-state index contributed by atoms with van der Waals surface area (Å²) < 4.78 is 5.68. The van der Waals surface area contributed by atoms with Crippen LogP contribution in [0.4, 0.5) is 5.69 Å². The first-order valence-electron chi connectivity index (χ1n) is 6.05. The van der Waals surface area contributed by atoms with Crippen LogP contribution in [-0.2, 0) is 0 Å². The van der Waals surface area contributed by atoms with E-state index in [-0.39, 0.29) is 0 Å². The molecular weight excluding hydrogens is 216 g/mol. The Morgan fingerprint density at radius 2 is 1.88 bits per heavy atom. The summed E-state index contributed by atoms with van der Waals surface area (Å²) in [5.74, 6) is 6.05. The molecule has 17 heavy (non-hydrogen) atoms. The second kappa shape index (κ2) is 6.44. The quantitative estimate of drug-likeness (QED) is 0.507. The summed E-state index contributed by atoms with van der Waals surface area (Å²) in [4.78, 5) is 2.44. The van der Waals surface area contributed by atoms with Crippen LogP contribution in [-0.4, -0.2) is 31.1 Å². The Morgan fingerprint density at radius 1 is 1.18 bits per heavy atom. The van der Waals surface area contributed by atoms with Crippen molar-refractivity contribution in [2.45, 2.75) is 12.8 Å². The molecule has 0 unspecified atom stereocenters. The molecule has 5 heteroatoms. The third kappa shape index (κ3) is 3.89. The van der Waals surface area contributed by atoms with Crippen LogP contribution in [0.1, 0.15) is 12.8 Å². The lowest BCUT2D eigenvalue weighted by Crippen LogP contribution is -2.28. The summed E-state index contributed by atoms with van der Waals surface area (Å²) in [5, 5.41) is 0. The smallest absolute Gasteiger partial charge is 0.119 e. The molecule has 1 saturated heterocycles. The molecule has 0 aliphatic carbocycles. The summed E-state index contributed by atoms with van der Waals surface area (Å²) in [7, 11) is 0. The van der Waals surface area contributed by atoms with Crippen LogP contribution in [0, 0.1) is 0 Å². The lowest BCUT2D eigenvalue weighted by atomic mass is 10.3. The SMILES string of the molecule is NNNc1ccc(OCCN2CCCC2)cc1. The van der Waals surface area contributed by atoms with Gasteiger partial charge in [-0.3, -0.25) is 10.7 Å². The molecule has 0 bridgehead atoms. The maximum Gasteiger partial charge on any atom is 0.119 e. The Balaban J connectivity index is 1.70. The normalized spacial score (nSPS) is 16.1. The van der Waals surface area contributed by atoms with Gasteiger partial charge in [0.05, 0.1) is 5.69 Å². The minimum absolute atomic E-state index is 0.752. The highest BCUT2D eigenvalue weighted by atomic mass is 16.5. The zero-order chi connectivity index (χ0) is 11.9. The highest BCUT2D eigenvalue weighted by molar-refractivity contribution is 5.45. The third-order valence-electron chi connectivity index (χ3n) is 2.95. The van der Waals surface area contributed by atoms with Gasteiger partial charge in [-0.1, -0.05) is 0 Å². The number of ether oxygens (including phenoxy) is 1. The number of nitrogens with two attached hydrogens (primary N) is 1. The summed E-state index contributed by atoms with van der Waals surface area (Å²) in [6.45, 7) is 4.20. The van der Waals surface area contributed by atoms with E-state index in [0.717, 1.165) is 24.6 Å². The number of hydrogen-bond acceptors (Lipinski definition) is 5. The number of nitrogens with zero attached hydrogens (tertiary/aromatic N) is 1. The van der Waals surface area contributed by atoms with Crippen LogP contribution in [0.2, 0.25) is 0 Å². The fraction of sp³-hybridized carbons (Fsp3) is 0.500. The minimum atomic E-state index is 0.752. The average Bonchev–Trinajstić information content (AvgIpc) is 2.85. The van der Waals surface area contributed by atoms with Crippen LogP contribution < -0.4 is 21.5 Å². The molecule has 0 radical (unpaired) electrons. The van der Waals surface area contributed by atoms with Crippen LogP contribution in [0.5, 0.6) is 5.75 Å². The first-order chi connectivity index (χ1) is 8.38. The largest absolute Gasteiger partial charge is 0.492 e. The topological polar surface area (TPSA) is 62.6 Å². The van der Waals surface area contributed by atoms with Crippen molar-refractivity contribution in [2.75, 3.05) is 31.7 Å². The second-order valence-electron chi connectivity index (χ2n) is 4.19. The van der Waals surface area contributed by atoms with E-state index in [0.29, 0.717) is 0 Å². The molecule has 0 aromatic heterocycles. The van der Waals surface area contributed by atoms with Gasteiger partial charge in [0, 0.05) is 6.54 Å². The summed E-state index contributed by atoms with van der Waals surface area (Å²) in [5.41, 5.74) is 6.10. The highest BCUT2D eigenvalue weighted by Gasteiger charge is 2.10. The molecule has 94 valence electrons. The summed E-state index contributed by atoms with van der Waals surface area (Å²) in [6, 6.07) is 7.71. The molecule has 1 aromatic rings. The number of hydrazine groups is 2. The van der Waals surface area contributed by atoms with Crippen LogP contribution in [0.3, 0.4) is 0 Å². The lowest BCUT2D eigenvalue weighted by molar-refractivity contribution is 0.238. The van der Waals surface area contributed by atoms with E-state index >= 15 is 0 Å². The Bertz CT molecular complexity index is 322. The molecule has 1 aliphatic heterocycles. The van der Waals surface area contributed by atoms with E-state index < -0.39 is 0 Å². The predicted molar refractivity (Wildman–Crippen MR) is 68.6 cm³/mol. The molecule has 0 spiro atoms. The third-order valence-corrected chi connectivity index (χ3v) is 2.95. The molecule has 5 nitrogen and oxygen atoms in total. The van der Waals surface area contributed by atoms with Gasteiger partial charge in [0.25, 0.3) is 0 Å². The first-order valence-corrected chi connectivity index (χ1v) is 6.05. The van der Waals surface area contributed by atoms with Crippen LogP contribution in [0.15, 0.2) is 24.3 Å².